The monoisotopic (exact) mass is 249 g/mol. The van der Waals surface area contributed by atoms with Crippen LogP contribution in [-0.4, -0.2) is 29.9 Å². The molecule has 0 bridgehead atoms. The van der Waals surface area contributed by atoms with Crippen LogP contribution in [0.5, 0.6) is 0 Å². The van der Waals surface area contributed by atoms with Crippen LogP contribution in [-0.2, 0) is 6.42 Å². The lowest BCUT2D eigenvalue weighted by atomic mass is 10.1. The minimum Gasteiger partial charge on any atom is -0.349 e. The predicted octanol–water partition coefficient (Wildman–Crippen LogP) is 2.18. The Morgan fingerprint density at radius 1 is 1.24 bits per heavy atom. The zero-order chi connectivity index (χ0) is 12.3. The SMILES string of the molecule is CCc1ccc(N2CN(CC)CNC2=S)cc1. The molecular weight excluding hydrogens is 230 g/mol. The molecule has 1 saturated heterocycles. The molecule has 17 heavy (non-hydrogen) atoms. The third-order valence-corrected chi connectivity index (χ3v) is 3.51. The number of benzene rings is 1. The van der Waals surface area contributed by atoms with E-state index in [0.717, 1.165) is 37.1 Å². The molecule has 0 saturated carbocycles. The molecule has 0 radical (unpaired) electrons. The van der Waals surface area contributed by atoms with E-state index in [1.165, 1.54) is 5.56 Å². The largest absolute Gasteiger partial charge is 0.349 e. The highest BCUT2D eigenvalue weighted by Gasteiger charge is 2.20. The Balaban J connectivity index is 2.15. The van der Waals surface area contributed by atoms with Gasteiger partial charge in [-0.1, -0.05) is 26.0 Å². The van der Waals surface area contributed by atoms with Gasteiger partial charge in [0.15, 0.2) is 5.11 Å². The van der Waals surface area contributed by atoms with E-state index in [9.17, 15) is 0 Å². The number of thiocarbonyl (C=S) groups is 1. The summed E-state index contributed by atoms with van der Waals surface area (Å²) in [5.74, 6) is 0. The lowest BCUT2D eigenvalue weighted by molar-refractivity contribution is 0.275. The first-order valence-corrected chi connectivity index (χ1v) is 6.52. The molecule has 1 N–H and O–H groups in total. The first kappa shape index (κ1) is 12.3. The third kappa shape index (κ3) is 2.76. The minimum atomic E-state index is 0.818. The van der Waals surface area contributed by atoms with Crippen LogP contribution in [0, 0.1) is 0 Å². The van der Waals surface area contributed by atoms with E-state index in [2.05, 4.69) is 53.2 Å². The van der Waals surface area contributed by atoms with Crippen molar-refractivity contribution in [2.45, 2.75) is 20.3 Å². The summed E-state index contributed by atoms with van der Waals surface area (Å²) in [4.78, 5) is 4.45. The first-order valence-electron chi connectivity index (χ1n) is 6.11. The van der Waals surface area contributed by atoms with Gasteiger partial charge >= 0.3 is 0 Å². The number of rotatable bonds is 3. The quantitative estimate of drug-likeness (QED) is 0.827. The molecule has 1 fully saturated rings. The van der Waals surface area contributed by atoms with E-state index in [0.29, 0.717) is 0 Å². The molecule has 0 aromatic heterocycles. The number of nitrogens with one attached hydrogen (secondary N) is 1. The van der Waals surface area contributed by atoms with E-state index >= 15 is 0 Å². The standard InChI is InChI=1S/C13H19N3S/c1-3-11-5-7-12(8-6-11)16-10-15(4-2)9-14-13(16)17/h5-8H,3-4,9-10H2,1-2H3,(H,14,17). The van der Waals surface area contributed by atoms with Crippen molar-refractivity contribution in [3.05, 3.63) is 29.8 Å². The van der Waals surface area contributed by atoms with Crippen molar-refractivity contribution in [2.75, 3.05) is 24.8 Å². The van der Waals surface area contributed by atoms with Crippen molar-refractivity contribution in [3.8, 4) is 0 Å². The number of nitrogens with zero attached hydrogens (tertiary/aromatic N) is 2. The highest BCUT2D eigenvalue weighted by Crippen LogP contribution is 2.18. The van der Waals surface area contributed by atoms with Crippen molar-refractivity contribution in [3.63, 3.8) is 0 Å². The van der Waals surface area contributed by atoms with Crippen molar-refractivity contribution in [2.24, 2.45) is 0 Å². The molecular formula is C13H19N3S. The topological polar surface area (TPSA) is 18.5 Å². The summed E-state index contributed by atoms with van der Waals surface area (Å²) in [6.07, 6.45) is 1.07. The predicted molar refractivity (Wildman–Crippen MR) is 76.1 cm³/mol. The minimum absolute atomic E-state index is 0.818. The second-order valence-corrected chi connectivity index (χ2v) is 4.60. The molecule has 1 aliphatic heterocycles. The summed E-state index contributed by atoms with van der Waals surface area (Å²) in [7, 11) is 0. The Hall–Kier alpha value is -1.13. The van der Waals surface area contributed by atoms with Gasteiger partial charge in [0.25, 0.3) is 0 Å². The van der Waals surface area contributed by atoms with Crippen LogP contribution < -0.4 is 10.2 Å². The Labute approximate surface area is 108 Å². The summed E-state index contributed by atoms with van der Waals surface area (Å²) >= 11 is 5.36. The average Bonchev–Trinajstić information content (AvgIpc) is 2.39. The average molecular weight is 249 g/mol. The Morgan fingerprint density at radius 3 is 2.53 bits per heavy atom. The summed E-state index contributed by atoms with van der Waals surface area (Å²) in [5.41, 5.74) is 2.52. The number of hydrogen-bond acceptors (Lipinski definition) is 2. The van der Waals surface area contributed by atoms with E-state index in [4.69, 9.17) is 12.2 Å². The van der Waals surface area contributed by atoms with E-state index < -0.39 is 0 Å². The van der Waals surface area contributed by atoms with Crippen molar-refractivity contribution >= 4 is 23.0 Å². The Morgan fingerprint density at radius 2 is 1.94 bits per heavy atom. The molecule has 0 amide bonds. The lowest BCUT2D eigenvalue weighted by Crippen LogP contribution is -2.56. The number of anilines is 1. The maximum atomic E-state index is 5.36. The lowest BCUT2D eigenvalue weighted by Gasteiger charge is -2.37. The van der Waals surface area contributed by atoms with Crippen LogP contribution in [0.1, 0.15) is 19.4 Å². The fourth-order valence-electron chi connectivity index (χ4n) is 1.91. The summed E-state index contributed by atoms with van der Waals surface area (Å²) in [5, 5.41) is 4.06. The first-order chi connectivity index (χ1) is 8.24. The van der Waals surface area contributed by atoms with Crippen molar-refractivity contribution in [1.82, 2.24) is 10.2 Å². The zero-order valence-corrected chi connectivity index (χ0v) is 11.3. The summed E-state index contributed by atoms with van der Waals surface area (Å²) in [6.45, 7) is 7.07. The molecule has 0 unspecified atom stereocenters. The maximum Gasteiger partial charge on any atom is 0.175 e. The van der Waals surface area contributed by atoms with Crippen LogP contribution in [0.2, 0.25) is 0 Å². The van der Waals surface area contributed by atoms with Gasteiger partial charge in [0, 0.05) is 5.69 Å². The van der Waals surface area contributed by atoms with Crippen LogP contribution >= 0.6 is 12.2 Å². The van der Waals surface area contributed by atoms with E-state index in [-0.39, 0.29) is 0 Å². The highest BCUT2D eigenvalue weighted by molar-refractivity contribution is 7.80. The number of hydrogen-bond donors (Lipinski definition) is 1. The molecule has 2 rings (SSSR count). The van der Waals surface area contributed by atoms with Crippen LogP contribution in [0.3, 0.4) is 0 Å². The molecule has 0 aliphatic carbocycles. The van der Waals surface area contributed by atoms with Gasteiger partial charge in [-0.25, -0.2) is 0 Å². The van der Waals surface area contributed by atoms with Gasteiger partial charge in [0.2, 0.25) is 0 Å². The maximum absolute atomic E-state index is 5.36. The Bertz CT molecular complexity index is 388. The van der Waals surface area contributed by atoms with Crippen LogP contribution in [0.25, 0.3) is 0 Å². The molecule has 1 aliphatic rings. The van der Waals surface area contributed by atoms with E-state index in [1.807, 2.05) is 0 Å². The van der Waals surface area contributed by atoms with Crippen LogP contribution in [0.15, 0.2) is 24.3 Å². The van der Waals surface area contributed by atoms with Gasteiger partial charge < -0.3 is 10.2 Å². The van der Waals surface area contributed by atoms with Crippen molar-refractivity contribution in [1.29, 1.82) is 0 Å². The molecule has 92 valence electrons. The summed E-state index contributed by atoms with van der Waals surface area (Å²) < 4.78 is 0. The molecule has 4 heteroatoms. The molecule has 1 heterocycles. The van der Waals surface area contributed by atoms with Gasteiger partial charge in [0.1, 0.15) is 0 Å². The fraction of sp³-hybridized carbons (Fsp3) is 0.462. The van der Waals surface area contributed by atoms with Gasteiger partial charge in [-0.2, -0.15) is 0 Å². The molecule has 1 aromatic rings. The van der Waals surface area contributed by atoms with Gasteiger partial charge in [0.05, 0.1) is 13.3 Å². The van der Waals surface area contributed by atoms with Crippen LogP contribution in [0.4, 0.5) is 5.69 Å². The Kier molecular flexibility index (Phi) is 3.97. The molecule has 1 aromatic carbocycles. The van der Waals surface area contributed by atoms with Gasteiger partial charge in [-0.3, -0.25) is 4.90 Å². The molecule has 0 atom stereocenters. The number of aryl methyl sites for hydroxylation is 1. The highest BCUT2D eigenvalue weighted by atomic mass is 32.1. The zero-order valence-electron chi connectivity index (χ0n) is 10.4. The third-order valence-electron chi connectivity index (χ3n) is 3.14. The summed E-state index contributed by atoms with van der Waals surface area (Å²) in [6, 6.07) is 8.63. The smallest absolute Gasteiger partial charge is 0.175 e. The second kappa shape index (κ2) is 5.47. The van der Waals surface area contributed by atoms with Gasteiger partial charge in [-0.05, 0) is 42.9 Å². The second-order valence-electron chi connectivity index (χ2n) is 4.22. The van der Waals surface area contributed by atoms with Gasteiger partial charge in [-0.15, -0.1) is 0 Å². The molecule has 3 nitrogen and oxygen atoms in total. The fourth-order valence-corrected chi connectivity index (χ4v) is 2.14. The van der Waals surface area contributed by atoms with Crippen molar-refractivity contribution < 1.29 is 0 Å². The molecule has 0 spiro atoms. The van der Waals surface area contributed by atoms with E-state index in [1.54, 1.807) is 0 Å². The normalized spacial score (nSPS) is 17.1.